The molecule has 0 aromatic carbocycles. The van der Waals surface area contributed by atoms with E-state index in [0.29, 0.717) is 13.0 Å². The number of carbonyl (C=O) groups is 1. The molecule has 0 aromatic heterocycles. The van der Waals surface area contributed by atoms with Gasteiger partial charge in [-0.3, -0.25) is 4.79 Å². The van der Waals surface area contributed by atoms with Crippen LogP contribution >= 0.6 is 0 Å². The molecular formula is C10H20N2O2. The Morgan fingerprint density at radius 3 is 2.86 bits per heavy atom. The Hall–Kier alpha value is -0.610. The van der Waals surface area contributed by atoms with Crippen molar-refractivity contribution >= 4 is 5.91 Å². The lowest BCUT2D eigenvalue weighted by atomic mass is 10.0. The standard InChI is InChI=1S/C10H20N2O2/c1-8(13)4-6-12-7-5-11-10(2,3)9(12)14/h8,11,13H,4-7H2,1-3H3. The smallest absolute Gasteiger partial charge is 0.242 e. The van der Waals surface area contributed by atoms with E-state index in [0.717, 1.165) is 13.1 Å². The molecule has 0 saturated carbocycles. The van der Waals surface area contributed by atoms with Crippen molar-refractivity contribution in [2.24, 2.45) is 0 Å². The summed E-state index contributed by atoms with van der Waals surface area (Å²) in [6, 6.07) is 0. The Bertz CT molecular complexity index is 214. The molecule has 1 aliphatic heterocycles. The highest BCUT2D eigenvalue weighted by molar-refractivity contribution is 5.86. The third-order valence-corrected chi connectivity index (χ3v) is 2.59. The number of carbonyl (C=O) groups excluding carboxylic acids is 1. The normalized spacial score (nSPS) is 23.7. The van der Waals surface area contributed by atoms with Crippen molar-refractivity contribution in [2.45, 2.75) is 38.8 Å². The van der Waals surface area contributed by atoms with Crippen LogP contribution in [0.5, 0.6) is 0 Å². The highest BCUT2D eigenvalue weighted by Crippen LogP contribution is 2.12. The van der Waals surface area contributed by atoms with Gasteiger partial charge in [-0.15, -0.1) is 0 Å². The van der Waals surface area contributed by atoms with Crippen molar-refractivity contribution < 1.29 is 9.90 Å². The lowest BCUT2D eigenvalue weighted by Gasteiger charge is -2.38. The van der Waals surface area contributed by atoms with Crippen LogP contribution in [-0.4, -0.2) is 47.2 Å². The van der Waals surface area contributed by atoms with E-state index >= 15 is 0 Å². The number of nitrogens with zero attached hydrogens (tertiary/aromatic N) is 1. The molecule has 1 amide bonds. The Morgan fingerprint density at radius 2 is 2.29 bits per heavy atom. The predicted molar refractivity (Wildman–Crippen MR) is 55.0 cm³/mol. The molecule has 0 aromatic rings. The summed E-state index contributed by atoms with van der Waals surface area (Å²) in [6.07, 6.45) is 0.322. The third-order valence-electron chi connectivity index (χ3n) is 2.59. The second-order valence-corrected chi connectivity index (χ2v) is 4.48. The zero-order chi connectivity index (χ0) is 10.8. The fourth-order valence-electron chi connectivity index (χ4n) is 1.63. The van der Waals surface area contributed by atoms with Crippen molar-refractivity contribution in [1.82, 2.24) is 10.2 Å². The van der Waals surface area contributed by atoms with Crippen molar-refractivity contribution in [2.75, 3.05) is 19.6 Å². The van der Waals surface area contributed by atoms with Crippen LogP contribution in [0.3, 0.4) is 0 Å². The largest absolute Gasteiger partial charge is 0.393 e. The summed E-state index contributed by atoms with van der Waals surface area (Å²) < 4.78 is 0. The van der Waals surface area contributed by atoms with E-state index in [1.165, 1.54) is 0 Å². The zero-order valence-electron chi connectivity index (χ0n) is 9.21. The van der Waals surface area contributed by atoms with Gasteiger partial charge in [-0.25, -0.2) is 0 Å². The lowest BCUT2D eigenvalue weighted by molar-refractivity contribution is -0.140. The molecule has 1 saturated heterocycles. The van der Waals surface area contributed by atoms with Gasteiger partial charge in [-0.2, -0.15) is 0 Å². The molecule has 1 fully saturated rings. The maximum atomic E-state index is 11.8. The number of hydrogen-bond donors (Lipinski definition) is 2. The number of piperazine rings is 1. The molecule has 2 N–H and O–H groups in total. The topological polar surface area (TPSA) is 52.6 Å². The molecule has 0 radical (unpaired) electrons. The van der Waals surface area contributed by atoms with Gasteiger partial charge in [0.2, 0.25) is 5.91 Å². The van der Waals surface area contributed by atoms with Gasteiger partial charge in [-0.1, -0.05) is 0 Å². The van der Waals surface area contributed by atoms with Crippen molar-refractivity contribution in [3.05, 3.63) is 0 Å². The highest BCUT2D eigenvalue weighted by Gasteiger charge is 2.34. The van der Waals surface area contributed by atoms with Crippen molar-refractivity contribution in [1.29, 1.82) is 0 Å². The van der Waals surface area contributed by atoms with Gasteiger partial charge >= 0.3 is 0 Å². The summed E-state index contributed by atoms with van der Waals surface area (Å²) in [6.45, 7) is 7.76. The minimum absolute atomic E-state index is 0.129. The van der Waals surface area contributed by atoms with Gasteiger partial charge in [-0.05, 0) is 27.2 Å². The van der Waals surface area contributed by atoms with E-state index in [2.05, 4.69) is 5.32 Å². The Kier molecular flexibility index (Phi) is 3.50. The zero-order valence-corrected chi connectivity index (χ0v) is 9.21. The summed E-state index contributed by atoms with van der Waals surface area (Å²) in [5.41, 5.74) is -0.447. The second-order valence-electron chi connectivity index (χ2n) is 4.48. The molecule has 1 aliphatic rings. The van der Waals surface area contributed by atoms with Gasteiger partial charge < -0.3 is 15.3 Å². The molecule has 4 heteroatoms. The quantitative estimate of drug-likeness (QED) is 0.672. The number of aliphatic hydroxyl groups excluding tert-OH is 1. The molecule has 1 rings (SSSR count). The van der Waals surface area contributed by atoms with Crippen LogP contribution < -0.4 is 5.32 Å². The monoisotopic (exact) mass is 200 g/mol. The average Bonchev–Trinajstić information content (AvgIpc) is 2.07. The minimum atomic E-state index is -0.447. The third kappa shape index (κ3) is 2.69. The van der Waals surface area contributed by atoms with Gasteiger partial charge in [0.1, 0.15) is 0 Å². The average molecular weight is 200 g/mol. The molecule has 82 valence electrons. The molecule has 14 heavy (non-hydrogen) atoms. The van der Waals surface area contributed by atoms with Crippen molar-refractivity contribution in [3.8, 4) is 0 Å². The summed E-state index contributed by atoms with van der Waals surface area (Å²) in [5, 5.41) is 12.3. The van der Waals surface area contributed by atoms with Gasteiger partial charge in [0.05, 0.1) is 11.6 Å². The summed E-state index contributed by atoms with van der Waals surface area (Å²) in [5.74, 6) is 0.129. The molecule has 1 heterocycles. The second kappa shape index (κ2) is 4.28. The van der Waals surface area contributed by atoms with Crippen LogP contribution in [0.2, 0.25) is 0 Å². The van der Waals surface area contributed by atoms with Crippen LogP contribution in [0, 0.1) is 0 Å². The Morgan fingerprint density at radius 1 is 1.64 bits per heavy atom. The molecule has 4 nitrogen and oxygen atoms in total. The first kappa shape index (κ1) is 11.5. The fraction of sp³-hybridized carbons (Fsp3) is 0.900. The Labute approximate surface area is 85.3 Å². The Balaban J connectivity index is 2.49. The first-order valence-electron chi connectivity index (χ1n) is 5.16. The number of aliphatic hydroxyl groups is 1. The SMILES string of the molecule is CC(O)CCN1CCNC(C)(C)C1=O. The van der Waals surface area contributed by atoms with E-state index < -0.39 is 5.54 Å². The van der Waals surface area contributed by atoms with E-state index in [4.69, 9.17) is 5.11 Å². The van der Waals surface area contributed by atoms with Gasteiger partial charge in [0.25, 0.3) is 0 Å². The molecule has 1 unspecified atom stereocenters. The molecule has 0 bridgehead atoms. The number of nitrogens with one attached hydrogen (secondary N) is 1. The summed E-state index contributed by atoms with van der Waals surface area (Å²) in [4.78, 5) is 13.7. The van der Waals surface area contributed by atoms with Crippen molar-refractivity contribution in [3.63, 3.8) is 0 Å². The van der Waals surface area contributed by atoms with Crippen LogP contribution in [0.1, 0.15) is 27.2 Å². The highest BCUT2D eigenvalue weighted by atomic mass is 16.3. The van der Waals surface area contributed by atoms with E-state index in [9.17, 15) is 4.79 Å². The maximum Gasteiger partial charge on any atom is 0.242 e. The maximum absolute atomic E-state index is 11.8. The first-order chi connectivity index (χ1) is 6.43. The lowest BCUT2D eigenvalue weighted by Crippen LogP contribution is -2.61. The fourth-order valence-corrected chi connectivity index (χ4v) is 1.63. The molecule has 0 aliphatic carbocycles. The van der Waals surface area contributed by atoms with Crippen LogP contribution in [0.15, 0.2) is 0 Å². The van der Waals surface area contributed by atoms with Crippen LogP contribution in [0.4, 0.5) is 0 Å². The molecule has 0 spiro atoms. The van der Waals surface area contributed by atoms with E-state index in [1.807, 2.05) is 18.7 Å². The minimum Gasteiger partial charge on any atom is -0.393 e. The predicted octanol–water partition coefficient (Wildman–Crippen LogP) is -0.0323. The number of rotatable bonds is 3. The molecule has 1 atom stereocenters. The summed E-state index contributed by atoms with van der Waals surface area (Å²) in [7, 11) is 0. The summed E-state index contributed by atoms with van der Waals surface area (Å²) >= 11 is 0. The number of hydrogen-bond acceptors (Lipinski definition) is 3. The molecular weight excluding hydrogens is 180 g/mol. The van der Waals surface area contributed by atoms with E-state index in [1.54, 1.807) is 6.92 Å². The van der Waals surface area contributed by atoms with Crippen LogP contribution in [0.25, 0.3) is 0 Å². The first-order valence-corrected chi connectivity index (χ1v) is 5.16. The van der Waals surface area contributed by atoms with Gasteiger partial charge in [0, 0.05) is 19.6 Å². The number of amides is 1. The van der Waals surface area contributed by atoms with Gasteiger partial charge in [0.15, 0.2) is 0 Å². The van der Waals surface area contributed by atoms with Crippen LogP contribution in [-0.2, 0) is 4.79 Å². The van der Waals surface area contributed by atoms with E-state index in [-0.39, 0.29) is 12.0 Å².